The molecule has 0 atom stereocenters. The van der Waals surface area contributed by atoms with Crippen molar-refractivity contribution in [2.75, 3.05) is 6.54 Å². The number of fused-ring (bicyclic) bond motifs is 1. The van der Waals surface area contributed by atoms with E-state index in [2.05, 4.69) is 11.8 Å². The fourth-order valence-electron chi connectivity index (χ4n) is 2.66. The van der Waals surface area contributed by atoms with Crippen LogP contribution >= 0.6 is 0 Å². The second-order valence-corrected chi connectivity index (χ2v) is 8.65. The summed E-state index contributed by atoms with van der Waals surface area (Å²) < 4.78 is 139. The zero-order chi connectivity index (χ0) is 25.1. The van der Waals surface area contributed by atoms with Crippen molar-refractivity contribution in [2.24, 2.45) is 0 Å². The number of sulfonamides is 1. The van der Waals surface area contributed by atoms with E-state index in [-0.39, 0.29) is 19.3 Å². The lowest BCUT2D eigenvalue weighted by Gasteiger charge is -2.33. The van der Waals surface area contributed by atoms with Gasteiger partial charge in [0.15, 0.2) is 0 Å². The van der Waals surface area contributed by atoms with Gasteiger partial charge in [-0.1, -0.05) is 48.2 Å². The van der Waals surface area contributed by atoms with Crippen molar-refractivity contribution >= 4 is 20.8 Å². The van der Waals surface area contributed by atoms with E-state index >= 15 is 0 Å². The lowest BCUT2D eigenvalue weighted by molar-refractivity contribution is -0.382. The molecule has 0 heterocycles. The predicted molar refractivity (Wildman–Crippen MR) is 102 cm³/mol. The van der Waals surface area contributed by atoms with Crippen molar-refractivity contribution in [1.29, 1.82) is 0 Å². The Morgan fingerprint density at radius 2 is 1.39 bits per heavy atom. The second-order valence-electron chi connectivity index (χ2n) is 6.85. The Morgan fingerprint density at radius 3 is 2.03 bits per heavy atom. The maximum absolute atomic E-state index is 13.5. The number of hydrogen-bond acceptors (Lipinski definition) is 2. The average Bonchev–Trinajstić information content (AvgIpc) is 2.71. The summed E-state index contributed by atoms with van der Waals surface area (Å²) in [6, 6.07) is 12.8. The summed E-state index contributed by atoms with van der Waals surface area (Å²) in [5.41, 5.74) is 0.696. The Labute approximate surface area is 183 Å². The van der Waals surface area contributed by atoms with Crippen LogP contribution in [0.1, 0.15) is 24.8 Å². The largest absolute Gasteiger partial charge is 0.460 e. The minimum Gasteiger partial charge on any atom is -0.210 e. The number of alkyl halides is 9. The number of rotatable bonds is 8. The molecular formula is C20H16F9NO2S. The molecule has 0 saturated carbocycles. The van der Waals surface area contributed by atoms with E-state index in [1.165, 1.54) is 0 Å². The minimum absolute atomic E-state index is 0.0982. The SMILES string of the molecule is O=S(=O)(NCCCCC#Cc1cccc2ccccc12)C(F)(F)C(F)(F)C(F)(F)C(F)(F)F. The molecular weight excluding hydrogens is 489 g/mol. The molecule has 0 aliphatic rings. The summed E-state index contributed by atoms with van der Waals surface area (Å²) >= 11 is 0. The van der Waals surface area contributed by atoms with Gasteiger partial charge in [0.1, 0.15) is 0 Å². The normalized spacial score (nSPS) is 13.6. The van der Waals surface area contributed by atoms with E-state index in [9.17, 15) is 47.9 Å². The van der Waals surface area contributed by atoms with Gasteiger partial charge in [0.05, 0.1) is 0 Å². The van der Waals surface area contributed by atoms with E-state index in [0.29, 0.717) is 5.56 Å². The highest BCUT2D eigenvalue weighted by Gasteiger charge is 2.85. The van der Waals surface area contributed by atoms with Gasteiger partial charge in [-0.2, -0.15) is 39.5 Å². The highest BCUT2D eigenvalue weighted by Crippen LogP contribution is 2.54. The smallest absolute Gasteiger partial charge is 0.210 e. The lowest BCUT2D eigenvalue weighted by atomic mass is 10.0. The average molecular weight is 505 g/mol. The van der Waals surface area contributed by atoms with Gasteiger partial charge in [0.2, 0.25) is 0 Å². The van der Waals surface area contributed by atoms with Gasteiger partial charge in [-0.25, -0.2) is 13.1 Å². The Balaban J connectivity index is 1.96. The Morgan fingerprint density at radius 1 is 0.788 bits per heavy atom. The first-order valence-corrected chi connectivity index (χ1v) is 10.7. The van der Waals surface area contributed by atoms with Crippen molar-refractivity contribution < 1.29 is 47.9 Å². The maximum atomic E-state index is 13.5. The molecule has 2 rings (SSSR count). The van der Waals surface area contributed by atoms with Crippen molar-refractivity contribution in [3.63, 3.8) is 0 Å². The van der Waals surface area contributed by atoms with Crippen molar-refractivity contribution in [2.45, 2.75) is 42.5 Å². The van der Waals surface area contributed by atoms with E-state index < -0.39 is 39.8 Å². The van der Waals surface area contributed by atoms with E-state index in [1.54, 1.807) is 12.1 Å². The predicted octanol–water partition coefficient (Wildman–Crippen LogP) is 5.71. The van der Waals surface area contributed by atoms with Gasteiger partial charge in [-0.05, 0) is 29.7 Å². The Bertz CT molecular complexity index is 1140. The molecule has 182 valence electrons. The topological polar surface area (TPSA) is 46.2 Å². The van der Waals surface area contributed by atoms with Crippen molar-refractivity contribution in [3.05, 3.63) is 48.0 Å². The first-order chi connectivity index (χ1) is 15.1. The summed E-state index contributed by atoms with van der Waals surface area (Å²) in [5, 5.41) is -4.92. The quantitative estimate of drug-likeness (QED) is 0.284. The molecule has 0 spiro atoms. The molecule has 1 N–H and O–H groups in total. The Hall–Kier alpha value is -2.46. The number of unbranched alkanes of at least 4 members (excludes halogenated alkanes) is 2. The molecule has 2 aromatic carbocycles. The third kappa shape index (κ3) is 5.22. The van der Waals surface area contributed by atoms with Crippen LogP contribution < -0.4 is 4.72 Å². The molecule has 0 amide bonds. The number of halogens is 9. The van der Waals surface area contributed by atoms with Gasteiger partial charge in [0.25, 0.3) is 10.0 Å². The summed E-state index contributed by atoms with van der Waals surface area (Å²) in [6.07, 6.45) is -7.08. The molecule has 0 bridgehead atoms. The molecule has 33 heavy (non-hydrogen) atoms. The minimum atomic E-state index is -7.28. The third-order valence-corrected chi connectivity index (χ3v) is 6.00. The molecule has 0 saturated heterocycles. The van der Waals surface area contributed by atoms with Crippen LogP contribution in [0, 0.1) is 11.8 Å². The zero-order valence-corrected chi connectivity index (χ0v) is 17.3. The highest BCUT2D eigenvalue weighted by atomic mass is 32.2. The third-order valence-electron chi connectivity index (χ3n) is 4.49. The number of hydrogen-bond donors (Lipinski definition) is 1. The number of benzene rings is 2. The van der Waals surface area contributed by atoms with Crippen molar-refractivity contribution in [3.8, 4) is 11.8 Å². The first-order valence-electron chi connectivity index (χ1n) is 9.22. The van der Waals surface area contributed by atoms with Gasteiger partial charge in [0, 0.05) is 18.5 Å². The summed E-state index contributed by atoms with van der Waals surface area (Å²) in [4.78, 5) is 0. The molecule has 0 radical (unpaired) electrons. The van der Waals surface area contributed by atoms with Crippen LogP contribution in [0.15, 0.2) is 42.5 Å². The van der Waals surface area contributed by atoms with E-state index in [0.717, 1.165) is 15.5 Å². The summed E-state index contributed by atoms with van der Waals surface area (Å²) in [5.74, 6) is -8.89. The molecule has 0 fully saturated rings. The fraction of sp³-hybridized carbons (Fsp3) is 0.400. The maximum Gasteiger partial charge on any atom is 0.460 e. The lowest BCUT2D eigenvalue weighted by Crippen LogP contribution is -2.64. The van der Waals surface area contributed by atoms with Crippen LogP contribution in [0.2, 0.25) is 0 Å². The fourth-order valence-corrected chi connectivity index (χ4v) is 3.72. The highest BCUT2D eigenvalue weighted by molar-refractivity contribution is 7.90. The van der Waals surface area contributed by atoms with Crippen LogP contribution in [0.25, 0.3) is 10.8 Å². The molecule has 0 aliphatic heterocycles. The van der Waals surface area contributed by atoms with Crippen LogP contribution in [0.3, 0.4) is 0 Å². The second kappa shape index (κ2) is 9.42. The van der Waals surface area contributed by atoms with Gasteiger partial charge in [-0.3, -0.25) is 0 Å². The summed E-state index contributed by atoms with van der Waals surface area (Å²) in [6.45, 7) is -0.901. The van der Waals surface area contributed by atoms with Gasteiger partial charge < -0.3 is 0 Å². The van der Waals surface area contributed by atoms with Crippen LogP contribution in [-0.2, 0) is 10.0 Å². The number of nitrogens with one attached hydrogen (secondary N) is 1. The molecule has 0 aromatic heterocycles. The standard InChI is InChI=1S/C20H16F9NO2S/c21-17(22,19(25,26)27)18(23,24)20(28,29)33(31,32)30-13-6-2-1-3-8-14-10-7-11-15-9-4-5-12-16(14)15/h4-5,7,9-12,30H,1-2,6,13H2. The molecule has 0 aliphatic carbocycles. The zero-order valence-electron chi connectivity index (χ0n) is 16.5. The molecule has 0 unspecified atom stereocenters. The van der Waals surface area contributed by atoms with Crippen molar-refractivity contribution in [1.82, 2.24) is 4.72 Å². The van der Waals surface area contributed by atoms with Crippen LogP contribution in [0.5, 0.6) is 0 Å². The Kier molecular flexibility index (Phi) is 7.65. The molecule has 13 heteroatoms. The monoisotopic (exact) mass is 505 g/mol. The van der Waals surface area contributed by atoms with Gasteiger partial charge in [-0.15, -0.1) is 0 Å². The van der Waals surface area contributed by atoms with Crippen LogP contribution in [0.4, 0.5) is 39.5 Å². The van der Waals surface area contributed by atoms with E-state index in [4.69, 9.17) is 0 Å². The molecule has 2 aromatic rings. The molecule has 3 nitrogen and oxygen atoms in total. The van der Waals surface area contributed by atoms with E-state index in [1.807, 2.05) is 30.3 Å². The first kappa shape index (κ1) is 26.8. The van der Waals surface area contributed by atoms with Gasteiger partial charge >= 0.3 is 23.3 Å². The van der Waals surface area contributed by atoms with Crippen LogP contribution in [-0.4, -0.2) is 38.2 Å². The summed E-state index contributed by atoms with van der Waals surface area (Å²) in [7, 11) is -6.57.